The molecular formula is C14H11BrFNO2. The Labute approximate surface area is 118 Å². The van der Waals surface area contributed by atoms with E-state index in [1.165, 1.54) is 30.3 Å². The van der Waals surface area contributed by atoms with E-state index in [1.54, 1.807) is 12.1 Å². The second kappa shape index (κ2) is 5.84. The van der Waals surface area contributed by atoms with Crippen LogP contribution in [0.3, 0.4) is 0 Å². The van der Waals surface area contributed by atoms with Gasteiger partial charge in [0.25, 0.3) is 0 Å². The number of phenols is 1. The summed E-state index contributed by atoms with van der Waals surface area (Å²) in [6.07, 6.45) is 0.137. The van der Waals surface area contributed by atoms with Crippen LogP contribution in [0.25, 0.3) is 0 Å². The summed E-state index contributed by atoms with van der Waals surface area (Å²) in [5.74, 6) is -0.496. The molecule has 98 valence electrons. The van der Waals surface area contributed by atoms with Crippen molar-refractivity contribution < 1.29 is 14.3 Å². The third-order valence-corrected chi connectivity index (χ3v) is 3.14. The van der Waals surface area contributed by atoms with Crippen molar-refractivity contribution in [3.63, 3.8) is 0 Å². The Hall–Kier alpha value is -1.88. The number of anilines is 1. The van der Waals surface area contributed by atoms with Gasteiger partial charge in [-0.25, -0.2) is 4.39 Å². The van der Waals surface area contributed by atoms with Crippen LogP contribution >= 0.6 is 15.9 Å². The molecule has 3 nitrogen and oxygen atoms in total. The lowest BCUT2D eigenvalue weighted by atomic mass is 10.1. The molecule has 0 atom stereocenters. The van der Waals surface area contributed by atoms with E-state index in [1.807, 2.05) is 0 Å². The topological polar surface area (TPSA) is 49.3 Å². The van der Waals surface area contributed by atoms with E-state index in [4.69, 9.17) is 0 Å². The number of rotatable bonds is 3. The first-order valence-electron chi connectivity index (χ1n) is 5.57. The first-order valence-corrected chi connectivity index (χ1v) is 6.37. The summed E-state index contributed by atoms with van der Waals surface area (Å²) < 4.78 is 13.4. The van der Waals surface area contributed by atoms with Gasteiger partial charge in [-0.1, -0.05) is 12.1 Å². The first kappa shape index (κ1) is 13.5. The monoisotopic (exact) mass is 323 g/mol. The van der Waals surface area contributed by atoms with Crippen molar-refractivity contribution in [2.45, 2.75) is 6.42 Å². The average Bonchev–Trinajstić information content (AvgIpc) is 2.33. The Bertz CT molecular complexity index is 616. The molecule has 0 bridgehead atoms. The minimum atomic E-state index is -0.377. The van der Waals surface area contributed by atoms with E-state index in [0.717, 1.165) is 0 Å². The number of nitrogens with one attached hydrogen (secondary N) is 1. The maximum Gasteiger partial charge on any atom is 0.228 e. The predicted molar refractivity (Wildman–Crippen MR) is 74.5 cm³/mol. The minimum absolute atomic E-state index is 0.119. The van der Waals surface area contributed by atoms with Crippen molar-refractivity contribution >= 4 is 27.5 Å². The van der Waals surface area contributed by atoms with Gasteiger partial charge < -0.3 is 10.4 Å². The van der Waals surface area contributed by atoms with E-state index in [2.05, 4.69) is 21.2 Å². The van der Waals surface area contributed by atoms with Crippen LogP contribution in [0.2, 0.25) is 0 Å². The highest BCUT2D eigenvalue weighted by molar-refractivity contribution is 9.10. The zero-order valence-electron chi connectivity index (χ0n) is 9.86. The molecule has 0 unspecified atom stereocenters. The second-order valence-corrected chi connectivity index (χ2v) is 4.87. The fourth-order valence-corrected chi connectivity index (χ4v) is 2.09. The van der Waals surface area contributed by atoms with E-state index >= 15 is 0 Å². The Balaban J connectivity index is 2.05. The van der Waals surface area contributed by atoms with Gasteiger partial charge in [0.05, 0.1) is 12.1 Å². The summed E-state index contributed by atoms with van der Waals surface area (Å²) in [4.78, 5) is 11.8. The summed E-state index contributed by atoms with van der Waals surface area (Å²) >= 11 is 3.18. The van der Waals surface area contributed by atoms with Crippen molar-refractivity contribution in [1.29, 1.82) is 0 Å². The van der Waals surface area contributed by atoms with Gasteiger partial charge in [0.2, 0.25) is 5.91 Å². The fourth-order valence-electron chi connectivity index (χ4n) is 1.64. The highest BCUT2D eigenvalue weighted by Gasteiger charge is 2.07. The van der Waals surface area contributed by atoms with Crippen molar-refractivity contribution in [3.8, 4) is 5.75 Å². The number of aromatic hydroxyl groups is 1. The largest absolute Gasteiger partial charge is 0.508 e. The van der Waals surface area contributed by atoms with Crippen LogP contribution in [0, 0.1) is 5.82 Å². The normalized spacial score (nSPS) is 10.2. The zero-order chi connectivity index (χ0) is 13.8. The smallest absolute Gasteiger partial charge is 0.228 e. The lowest BCUT2D eigenvalue weighted by Crippen LogP contribution is -2.14. The van der Waals surface area contributed by atoms with Gasteiger partial charge in [-0.15, -0.1) is 0 Å². The molecule has 2 aromatic carbocycles. The first-order chi connectivity index (χ1) is 9.04. The van der Waals surface area contributed by atoms with Crippen LogP contribution in [-0.4, -0.2) is 11.0 Å². The molecule has 0 radical (unpaired) electrons. The number of hydrogen-bond donors (Lipinski definition) is 2. The minimum Gasteiger partial charge on any atom is -0.508 e. The molecule has 0 spiro atoms. The maximum atomic E-state index is 12.9. The summed E-state index contributed by atoms with van der Waals surface area (Å²) in [7, 11) is 0. The van der Waals surface area contributed by atoms with Gasteiger partial charge in [0.15, 0.2) is 0 Å². The number of amides is 1. The average molecular weight is 324 g/mol. The number of hydrogen-bond acceptors (Lipinski definition) is 2. The molecule has 0 heterocycles. The number of benzene rings is 2. The van der Waals surface area contributed by atoms with Crippen LogP contribution in [0.15, 0.2) is 46.9 Å². The highest BCUT2D eigenvalue weighted by atomic mass is 79.9. The Morgan fingerprint density at radius 3 is 2.74 bits per heavy atom. The number of halogens is 2. The molecule has 0 fully saturated rings. The van der Waals surface area contributed by atoms with Gasteiger partial charge >= 0.3 is 0 Å². The second-order valence-electron chi connectivity index (χ2n) is 4.02. The molecule has 5 heteroatoms. The molecule has 0 saturated carbocycles. The molecular weight excluding hydrogens is 313 g/mol. The summed E-state index contributed by atoms with van der Waals surface area (Å²) in [5, 5.41) is 12.0. The number of carbonyl (C=O) groups is 1. The number of carbonyl (C=O) groups excluding carboxylic acids is 1. The lowest BCUT2D eigenvalue weighted by Gasteiger charge is -2.07. The molecule has 0 aromatic heterocycles. The molecule has 19 heavy (non-hydrogen) atoms. The van der Waals surface area contributed by atoms with Gasteiger partial charge in [-0.2, -0.15) is 0 Å². The third kappa shape index (κ3) is 3.79. The Kier molecular flexibility index (Phi) is 4.16. The van der Waals surface area contributed by atoms with E-state index in [9.17, 15) is 14.3 Å². The predicted octanol–water partition coefficient (Wildman–Crippen LogP) is 3.48. The standard InChI is InChI=1S/C14H11BrFNO2/c15-12-8-10(16)4-5-13(12)17-14(19)7-9-2-1-3-11(18)6-9/h1-6,8,18H,7H2,(H,17,19). The highest BCUT2D eigenvalue weighted by Crippen LogP contribution is 2.23. The number of phenolic OH excluding ortho intramolecular Hbond substituents is 1. The van der Waals surface area contributed by atoms with Crippen LogP contribution in [0.1, 0.15) is 5.56 Å². The van der Waals surface area contributed by atoms with Crippen LogP contribution in [-0.2, 0) is 11.2 Å². The molecule has 0 saturated heterocycles. The SMILES string of the molecule is O=C(Cc1cccc(O)c1)Nc1ccc(F)cc1Br. The lowest BCUT2D eigenvalue weighted by molar-refractivity contribution is -0.115. The molecule has 0 aliphatic carbocycles. The summed E-state index contributed by atoms with van der Waals surface area (Å²) in [6, 6.07) is 10.5. The van der Waals surface area contributed by atoms with Gasteiger partial charge in [-0.05, 0) is 51.8 Å². The van der Waals surface area contributed by atoms with E-state index in [-0.39, 0.29) is 23.9 Å². The maximum absolute atomic E-state index is 12.9. The molecule has 1 amide bonds. The van der Waals surface area contributed by atoms with Crippen LogP contribution in [0.5, 0.6) is 5.75 Å². The molecule has 0 aliphatic heterocycles. The van der Waals surface area contributed by atoms with Gasteiger partial charge in [0.1, 0.15) is 11.6 Å². The van der Waals surface area contributed by atoms with Gasteiger partial charge in [-0.3, -0.25) is 4.79 Å². The molecule has 2 N–H and O–H groups in total. The van der Waals surface area contributed by atoms with Crippen molar-refractivity contribution in [3.05, 3.63) is 58.3 Å². The van der Waals surface area contributed by atoms with E-state index in [0.29, 0.717) is 15.7 Å². The Morgan fingerprint density at radius 1 is 1.26 bits per heavy atom. The van der Waals surface area contributed by atoms with Crippen molar-refractivity contribution in [1.82, 2.24) is 0 Å². The van der Waals surface area contributed by atoms with Crippen LogP contribution in [0.4, 0.5) is 10.1 Å². The van der Waals surface area contributed by atoms with Gasteiger partial charge in [0, 0.05) is 4.47 Å². The Morgan fingerprint density at radius 2 is 2.05 bits per heavy atom. The molecule has 2 aromatic rings. The molecule has 0 aliphatic rings. The van der Waals surface area contributed by atoms with Crippen molar-refractivity contribution in [2.75, 3.05) is 5.32 Å². The zero-order valence-corrected chi connectivity index (χ0v) is 11.4. The quantitative estimate of drug-likeness (QED) is 0.908. The summed E-state index contributed by atoms with van der Waals surface area (Å²) in [6.45, 7) is 0. The van der Waals surface area contributed by atoms with E-state index < -0.39 is 0 Å². The van der Waals surface area contributed by atoms with Crippen molar-refractivity contribution in [2.24, 2.45) is 0 Å². The third-order valence-electron chi connectivity index (χ3n) is 2.48. The molecule has 2 rings (SSSR count). The summed E-state index contributed by atoms with van der Waals surface area (Å²) in [5.41, 5.74) is 1.21. The van der Waals surface area contributed by atoms with Crippen LogP contribution < -0.4 is 5.32 Å². The fraction of sp³-hybridized carbons (Fsp3) is 0.0714.